The van der Waals surface area contributed by atoms with E-state index in [0.29, 0.717) is 18.8 Å². The monoisotopic (exact) mass is 431 g/mol. The molecule has 1 aromatic rings. The van der Waals surface area contributed by atoms with Gasteiger partial charge >= 0.3 is 0 Å². The second-order valence-electron chi connectivity index (χ2n) is 8.49. The van der Waals surface area contributed by atoms with Crippen LogP contribution in [0.2, 0.25) is 0 Å². The van der Waals surface area contributed by atoms with Crippen LogP contribution in [0.25, 0.3) is 0 Å². The van der Waals surface area contributed by atoms with Crippen LogP contribution in [0.3, 0.4) is 0 Å². The van der Waals surface area contributed by atoms with Gasteiger partial charge in [-0.15, -0.1) is 0 Å². The fraction of sp³-hybridized carbons (Fsp3) is 0.739. The highest BCUT2D eigenvalue weighted by atomic mass is 16.5. The lowest BCUT2D eigenvalue weighted by molar-refractivity contribution is -0.0721. The number of nitrogens with zero attached hydrogens (tertiary/aromatic N) is 4. The first-order valence-electron chi connectivity index (χ1n) is 11.8. The van der Waals surface area contributed by atoms with E-state index in [1.54, 1.807) is 0 Å². The molecule has 3 saturated heterocycles. The molecule has 0 aliphatic carbocycles. The normalized spacial score (nSPS) is 23.8. The number of nitrogens with one attached hydrogen (secondary N) is 1. The van der Waals surface area contributed by atoms with Crippen molar-refractivity contribution in [3.8, 4) is 0 Å². The highest BCUT2D eigenvalue weighted by molar-refractivity contribution is 5.80. The summed E-state index contributed by atoms with van der Waals surface area (Å²) in [6, 6.07) is 4.15. The molecule has 4 rings (SSSR count). The van der Waals surface area contributed by atoms with Gasteiger partial charge < -0.3 is 29.3 Å². The van der Waals surface area contributed by atoms with E-state index in [2.05, 4.69) is 31.2 Å². The van der Waals surface area contributed by atoms with Crippen LogP contribution in [0, 0.1) is 0 Å². The van der Waals surface area contributed by atoms with Gasteiger partial charge in [-0.25, -0.2) is 4.98 Å². The van der Waals surface area contributed by atoms with Crippen molar-refractivity contribution in [2.75, 3.05) is 64.6 Å². The first-order valence-corrected chi connectivity index (χ1v) is 11.8. The number of morpholine rings is 1. The first kappa shape index (κ1) is 22.3. The van der Waals surface area contributed by atoms with E-state index in [9.17, 15) is 0 Å². The van der Waals surface area contributed by atoms with Gasteiger partial charge in [-0.05, 0) is 38.2 Å². The predicted octanol–water partition coefficient (Wildman–Crippen LogP) is 2.04. The molecule has 3 aliphatic rings. The molecule has 0 spiro atoms. The van der Waals surface area contributed by atoms with Gasteiger partial charge in [-0.3, -0.25) is 4.99 Å². The summed E-state index contributed by atoms with van der Waals surface area (Å²) < 4.78 is 17.4. The van der Waals surface area contributed by atoms with Gasteiger partial charge in [0.05, 0.1) is 32.0 Å². The lowest BCUT2D eigenvalue weighted by atomic mass is 10.1. The zero-order chi connectivity index (χ0) is 21.3. The van der Waals surface area contributed by atoms with E-state index in [0.717, 1.165) is 83.6 Å². The third-order valence-corrected chi connectivity index (χ3v) is 6.36. The SMILES string of the molecule is CN=C(NCc1cccnc1N1CCOCC1)N1CCC(OCC2CCCCO2)CC1. The molecule has 0 amide bonds. The molecule has 8 nitrogen and oxygen atoms in total. The van der Waals surface area contributed by atoms with Gasteiger partial charge in [-0.2, -0.15) is 0 Å². The van der Waals surface area contributed by atoms with Crippen molar-refractivity contribution in [3.63, 3.8) is 0 Å². The maximum atomic E-state index is 6.16. The predicted molar refractivity (Wildman–Crippen MR) is 122 cm³/mol. The third-order valence-electron chi connectivity index (χ3n) is 6.36. The Labute approximate surface area is 186 Å². The van der Waals surface area contributed by atoms with Crippen LogP contribution in [0.1, 0.15) is 37.7 Å². The largest absolute Gasteiger partial charge is 0.378 e. The van der Waals surface area contributed by atoms with Crippen molar-refractivity contribution in [1.82, 2.24) is 15.2 Å². The molecule has 3 fully saturated rings. The fourth-order valence-corrected chi connectivity index (χ4v) is 4.55. The van der Waals surface area contributed by atoms with E-state index in [1.807, 2.05) is 19.3 Å². The van der Waals surface area contributed by atoms with E-state index in [1.165, 1.54) is 18.4 Å². The number of ether oxygens (including phenoxy) is 3. The number of piperidine rings is 1. The zero-order valence-electron chi connectivity index (χ0n) is 18.8. The van der Waals surface area contributed by atoms with E-state index >= 15 is 0 Å². The molecule has 0 radical (unpaired) electrons. The van der Waals surface area contributed by atoms with Crippen molar-refractivity contribution in [1.29, 1.82) is 0 Å². The Balaban J connectivity index is 1.24. The Morgan fingerprint density at radius 1 is 1.16 bits per heavy atom. The fourth-order valence-electron chi connectivity index (χ4n) is 4.55. The second kappa shape index (κ2) is 11.6. The molecule has 1 N–H and O–H groups in total. The molecular weight excluding hydrogens is 394 g/mol. The summed E-state index contributed by atoms with van der Waals surface area (Å²) >= 11 is 0. The van der Waals surface area contributed by atoms with Gasteiger partial charge in [-0.1, -0.05) is 6.07 Å². The molecule has 0 saturated carbocycles. The summed E-state index contributed by atoms with van der Waals surface area (Å²) in [5, 5.41) is 3.55. The van der Waals surface area contributed by atoms with Crippen LogP contribution >= 0.6 is 0 Å². The lowest BCUT2D eigenvalue weighted by Gasteiger charge is -2.35. The number of hydrogen-bond acceptors (Lipinski definition) is 6. The Kier molecular flexibility index (Phi) is 8.38. The summed E-state index contributed by atoms with van der Waals surface area (Å²) in [5.41, 5.74) is 1.19. The Morgan fingerprint density at radius 2 is 2.00 bits per heavy atom. The van der Waals surface area contributed by atoms with Crippen LogP contribution in [0.15, 0.2) is 23.3 Å². The second-order valence-corrected chi connectivity index (χ2v) is 8.49. The first-order chi connectivity index (χ1) is 15.3. The molecule has 1 aromatic heterocycles. The van der Waals surface area contributed by atoms with Gasteiger partial charge in [0, 0.05) is 58.1 Å². The summed E-state index contributed by atoms with van der Waals surface area (Å²) in [4.78, 5) is 13.8. The number of rotatable bonds is 6. The summed E-state index contributed by atoms with van der Waals surface area (Å²) in [6.45, 7) is 7.54. The molecular formula is C23H37N5O3. The number of hydrogen-bond donors (Lipinski definition) is 1. The highest BCUT2D eigenvalue weighted by Gasteiger charge is 2.24. The minimum atomic E-state index is 0.293. The Bertz CT molecular complexity index is 696. The Morgan fingerprint density at radius 3 is 2.74 bits per heavy atom. The Hall–Kier alpha value is -1.90. The smallest absolute Gasteiger partial charge is 0.193 e. The molecule has 3 aliphatic heterocycles. The summed E-state index contributed by atoms with van der Waals surface area (Å²) in [7, 11) is 1.86. The number of pyridine rings is 1. The number of guanidine groups is 1. The molecule has 1 unspecified atom stereocenters. The molecule has 172 valence electrons. The quantitative estimate of drug-likeness (QED) is 0.546. The maximum absolute atomic E-state index is 6.16. The molecule has 8 heteroatoms. The van der Waals surface area contributed by atoms with Gasteiger partial charge in [0.1, 0.15) is 5.82 Å². The molecule has 1 atom stereocenters. The molecule has 4 heterocycles. The summed E-state index contributed by atoms with van der Waals surface area (Å²) in [6.07, 6.45) is 8.13. The average molecular weight is 432 g/mol. The highest BCUT2D eigenvalue weighted by Crippen LogP contribution is 2.20. The van der Waals surface area contributed by atoms with E-state index in [-0.39, 0.29) is 0 Å². The van der Waals surface area contributed by atoms with Gasteiger partial charge in [0.15, 0.2) is 5.96 Å². The number of likely N-dealkylation sites (tertiary alicyclic amines) is 1. The number of anilines is 1. The van der Waals surface area contributed by atoms with Crippen LogP contribution in [-0.2, 0) is 20.8 Å². The standard InChI is InChI=1S/C23H37N5O3/c1-24-23(26-17-19-5-4-9-25-22(19)27-12-15-29-16-13-27)28-10-7-20(8-11-28)31-18-21-6-2-3-14-30-21/h4-5,9,20-21H,2-3,6-8,10-18H2,1H3,(H,24,26). The van der Waals surface area contributed by atoms with E-state index in [4.69, 9.17) is 14.2 Å². The number of aliphatic imine (C=N–C) groups is 1. The maximum Gasteiger partial charge on any atom is 0.193 e. The minimum Gasteiger partial charge on any atom is -0.378 e. The zero-order valence-corrected chi connectivity index (χ0v) is 18.8. The molecule has 0 bridgehead atoms. The molecule has 0 aromatic carbocycles. The van der Waals surface area contributed by atoms with Crippen LogP contribution in [0.5, 0.6) is 0 Å². The van der Waals surface area contributed by atoms with Crippen molar-refractivity contribution in [2.24, 2.45) is 4.99 Å². The minimum absolute atomic E-state index is 0.293. The van der Waals surface area contributed by atoms with Gasteiger partial charge in [0.25, 0.3) is 0 Å². The van der Waals surface area contributed by atoms with Crippen molar-refractivity contribution in [2.45, 2.75) is 50.9 Å². The topological polar surface area (TPSA) is 71.5 Å². The van der Waals surface area contributed by atoms with Crippen molar-refractivity contribution in [3.05, 3.63) is 23.9 Å². The van der Waals surface area contributed by atoms with Crippen LogP contribution in [0.4, 0.5) is 5.82 Å². The number of aromatic nitrogens is 1. The van der Waals surface area contributed by atoms with Crippen LogP contribution in [-0.4, -0.2) is 87.7 Å². The van der Waals surface area contributed by atoms with Crippen LogP contribution < -0.4 is 10.2 Å². The van der Waals surface area contributed by atoms with Gasteiger partial charge in [0.2, 0.25) is 0 Å². The van der Waals surface area contributed by atoms with Crippen molar-refractivity contribution >= 4 is 11.8 Å². The van der Waals surface area contributed by atoms with Crippen molar-refractivity contribution < 1.29 is 14.2 Å². The van der Waals surface area contributed by atoms with E-state index < -0.39 is 0 Å². The molecule has 31 heavy (non-hydrogen) atoms. The third kappa shape index (κ3) is 6.30. The average Bonchev–Trinajstić information content (AvgIpc) is 2.85. The lowest BCUT2D eigenvalue weighted by Crippen LogP contribution is -2.47. The summed E-state index contributed by atoms with van der Waals surface area (Å²) in [5.74, 6) is 2.00.